The van der Waals surface area contributed by atoms with E-state index in [1.807, 2.05) is 11.8 Å². The maximum atomic E-state index is 12.4. The Bertz CT molecular complexity index is 390. The Morgan fingerprint density at radius 2 is 2.24 bits per heavy atom. The van der Waals surface area contributed by atoms with Gasteiger partial charge in [-0.1, -0.05) is 17.3 Å². The summed E-state index contributed by atoms with van der Waals surface area (Å²) in [4.78, 5) is 15.0. The summed E-state index contributed by atoms with van der Waals surface area (Å²) < 4.78 is 3.82. The number of alkyl halides is 1. The lowest BCUT2D eigenvalue weighted by Crippen LogP contribution is -2.40. The van der Waals surface area contributed by atoms with Crippen LogP contribution < -0.4 is 0 Å². The van der Waals surface area contributed by atoms with Crippen LogP contribution in [0.1, 0.15) is 41.0 Å². The van der Waals surface area contributed by atoms with Gasteiger partial charge in [0, 0.05) is 18.5 Å². The lowest BCUT2D eigenvalue weighted by Gasteiger charge is -2.27. The molecule has 1 aliphatic rings. The van der Waals surface area contributed by atoms with Crippen molar-refractivity contribution in [1.29, 1.82) is 0 Å². The van der Waals surface area contributed by atoms with E-state index in [0.717, 1.165) is 18.5 Å². The van der Waals surface area contributed by atoms with Gasteiger partial charge in [0.25, 0.3) is 5.91 Å². The topological polar surface area (TPSA) is 46.1 Å². The molecular formula is C11H16ClN3OS. The summed E-state index contributed by atoms with van der Waals surface area (Å²) in [5.74, 6) is 0.526. The van der Waals surface area contributed by atoms with Crippen LogP contribution in [0.2, 0.25) is 0 Å². The van der Waals surface area contributed by atoms with Crippen molar-refractivity contribution in [2.24, 2.45) is 0 Å². The highest BCUT2D eigenvalue weighted by Crippen LogP contribution is 2.26. The van der Waals surface area contributed by atoms with E-state index >= 15 is 0 Å². The average molecular weight is 274 g/mol. The minimum Gasteiger partial charge on any atom is -0.334 e. The third-order valence-corrected chi connectivity index (χ3v) is 4.18. The van der Waals surface area contributed by atoms with Crippen molar-refractivity contribution in [2.75, 3.05) is 12.4 Å². The Kier molecular flexibility index (Phi) is 4.34. The summed E-state index contributed by atoms with van der Waals surface area (Å²) in [6, 6.07) is 0.350. The fourth-order valence-corrected chi connectivity index (χ4v) is 3.11. The number of amides is 1. The van der Waals surface area contributed by atoms with E-state index in [2.05, 4.69) is 9.59 Å². The van der Waals surface area contributed by atoms with E-state index in [1.165, 1.54) is 24.4 Å². The molecule has 0 N–H and O–H groups in total. The minimum absolute atomic E-state index is 0.0463. The van der Waals surface area contributed by atoms with Crippen molar-refractivity contribution in [3.63, 3.8) is 0 Å². The quantitative estimate of drug-likeness (QED) is 0.792. The Morgan fingerprint density at radius 1 is 1.53 bits per heavy atom. The van der Waals surface area contributed by atoms with Crippen LogP contribution in [0.25, 0.3) is 0 Å². The first-order valence-electron chi connectivity index (χ1n) is 5.90. The van der Waals surface area contributed by atoms with Crippen molar-refractivity contribution < 1.29 is 4.79 Å². The molecule has 0 aromatic carbocycles. The number of nitrogens with zero attached hydrogens (tertiary/aromatic N) is 3. The second kappa shape index (κ2) is 5.78. The van der Waals surface area contributed by atoms with E-state index in [1.54, 1.807) is 0 Å². The number of carbonyl (C=O) groups excluding carboxylic acids is 1. The molecule has 94 valence electrons. The van der Waals surface area contributed by atoms with Gasteiger partial charge in [0.1, 0.15) is 4.88 Å². The molecule has 1 amide bonds. The second-order valence-electron chi connectivity index (χ2n) is 4.31. The molecular weight excluding hydrogens is 258 g/mol. The molecule has 1 saturated carbocycles. The highest BCUT2D eigenvalue weighted by atomic mass is 35.5. The largest absolute Gasteiger partial charge is 0.334 e. The first kappa shape index (κ1) is 12.8. The van der Waals surface area contributed by atoms with Crippen molar-refractivity contribution in [1.82, 2.24) is 14.5 Å². The van der Waals surface area contributed by atoms with E-state index in [9.17, 15) is 4.79 Å². The van der Waals surface area contributed by atoms with Crippen LogP contribution in [-0.2, 0) is 0 Å². The molecule has 2 rings (SSSR count). The molecule has 0 atom stereocenters. The van der Waals surface area contributed by atoms with Crippen LogP contribution >= 0.6 is 23.1 Å². The van der Waals surface area contributed by atoms with E-state index in [-0.39, 0.29) is 5.91 Å². The normalized spacial score (nSPS) is 16.4. The molecule has 0 spiro atoms. The average Bonchev–Trinajstić information content (AvgIpc) is 2.95. The summed E-state index contributed by atoms with van der Waals surface area (Å²) in [5, 5.41) is 3.89. The summed E-state index contributed by atoms with van der Waals surface area (Å²) in [6.07, 6.45) is 4.59. The molecule has 4 nitrogen and oxygen atoms in total. The fraction of sp³-hybridized carbons (Fsp3) is 0.727. The number of carbonyl (C=O) groups is 1. The van der Waals surface area contributed by atoms with Gasteiger partial charge in [0.15, 0.2) is 0 Å². The van der Waals surface area contributed by atoms with Gasteiger partial charge in [-0.05, 0) is 31.3 Å². The van der Waals surface area contributed by atoms with Crippen LogP contribution in [0.4, 0.5) is 0 Å². The number of aryl methyl sites for hydroxylation is 1. The van der Waals surface area contributed by atoms with Crippen LogP contribution in [0, 0.1) is 6.92 Å². The lowest BCUT2D eigenvalue weighted by molar-refractivity contribution is 0.0699. The molecule has 1 aromatic rings. The number of rotatable bonds is 4. The fourth-order valence-electron chi connectivity index (χ4n) is 2.32. The Balaban J connectivity index is 2.15. The third kappa shape index (κ3) is 2.77. The Labute approximate surface area is 110 Å². The van der Waals surface area contributed by atoms with Crippen LogP contribution in [0.5, 0.6) is 0 Å². The number of hydrogen-bond donors (Lipinski definition) is 0. The van der Waals surface area contributed by atoms with E-state index in [0.29, 0.717) is 23.3 Å². The molecule has 0 bridgehead atoms. The molecule has 1 fully saturated rings. The van der Waals surface area contributed by atoms with Crippen LogP contribution in [0.15, 0.2) is 0 Å². The maximum absolute atomic E-state index is 12.4. The number of hydrogen-bond acceptors (Lipinski definition) is 4. The monoisotopic (exact) mass is 273 g/mol. The third-order valence-electron chi connectivity index (χ3n) is 3.20. The van der Waals surface area contributed by atoms with Gasteiger partial charge in [-0.3, -0.25) is 4.79 Å². The predicted molar refractivity (Wildman–Crippen MR) is 68.7 cm³/mol. The Morgan fingerprint density at radius 3 is 2.76 bits per heavy atom. The highest BCUT2D eigenvalue weighted by Gasteiger charge is 2.28. The molecule has 6 heteroatoms. The summed E-state index contributed by atoms with van der Waals surface area (Å²) >= 11 is 6.97. The minimum atomic E-state index is 0.0463. The molecule has 0 unspecified atom stereocenters. The van der Waals surface area contributed by atoms with Gasteiger partial charge in [-0.15, -0.1) is 16.7 Å². The number of halogens is 1. The SMILES string of the molecule is Cc1nnsc1C(=O)N(CCCl)C1CCCC1. The Hall–Kier alpha value is -0.680. The molecule has 0 saturated heterocycles. The van der Waals surface area contributed by atoms with Crippen molar-refractivity contribution >= 4 is 29.0 Å². The zero-order chi connectivity index (χ0) is 12.3. The van der Waals surface area contributed by atoms with Gasteiger partial charge >= 0.3 is 0 Å². The molecule has 17 heavy (non-hydrogen) atoms. The molecule has 1 aromatic heterocycles. The van der Waals surface area contributed by atoms with Gasteiger partial charge < -0.3 is 4.90 Å². The molecule has 0 radical (unpaired) electrons. The van der Waals surface area contributed by atoms with Gasteiger partial charge in [0.05, 0.1) is 5.69 Å². The molecule has 0 aliphatic heterocycles. The maximum Gasteiger partial charge on any atom is 0.267 e. The van der Waals surface area contributed by atoms with Crippen LogP contribution in [-0.4, -0.2) is 38.9 Å². The molecule has 1 heterocycles. The van der Waals surface area contributed by atoms with Crippen molar-refractivity contribution in [2.45, 2.75) is 38.6 Å². The smallest absolute Gasteiger partial charge is 0.267 e. The first-order chi connectivity index (χ1) is 8.24. The van der Waals surface area contributed by atoms with Gasteiger partial charge in [0.2, 0.25) is 0 Å². The predicted octanol–water partition coefficient (Wildman–Crippen LogP) is 2.47. The lowest BCUT2D eigenvalue weighted by atomic mass is 10.2. The van der Waals surface area contributed by atoms with E-state index < -0.39 is 0 Å². The summed E-state index contributed by atoms with van der Waals surface area (Å²) in [6.45, 7) is 2.44. The standard InChI is InChI=1S/C11H16ClN3OS/c1-8-10(17-14-13-8)11(16)15(7-6-12)9-4-2-3-5-9/h9H,2-7H2,1H3. The van der Waals surface area contributed by atoms with Gasteiger partial charge in [-0.2, -0.15) is 0 Å². The number of aromatic nitrogens is 2. The van der Waals surface area contributed by atoms with Crippen molar-refractivity contribution in [3.8, 4) is 0 Å². The van der Waals surface area contributed by atoms with Gasteiger partial charge in [-0.25, -0.2) is 0 Å². The second-order valence-corrected chi connectivity index (χ2v) is 5.45. The first-order valence-corrected chi connectivity index (χ1v) is 7.20. The van der Waals surface area contributed by atoms with Crippen LogP contribution in [0.3, 0.4) is 0 Å². The zero-order valence-electron chi connectivity index (χ0n) is 9.86. The summed E-state index contributed by atoms with van der Waals surface area (Å²) in [7, 11) is 0. The highest BCUT2D eigenvalue weighted by molar-refractivity contribution is 7.07. The van der Waals surface area contributed by atoms with Crippen molar-refractivity contribution in [3.05, 3.63) is 10.6 Å². The summed E-state index contributed by atoms with van der Waals surface area (Å²) in [5.41, 5.74) is 0.720. The molecule has 1 aliphatic carbocycles. The zero-order valence-corrected chi connectivity index (χ0v) is 11.4. The van der Waals surface area contributed by atoms with E-state index in [4.69, 9.17) is 11.6 Å².